The molecule has 1 unspecified atom stereocenters. The fourth-order valence-electron chi connectivity index (χ4n) is 3.06. The summed E-state index contributed by atoms with van der Waals surface area (Å²) in [6.45, 7) is 8.44. The number of anilines is 1. The molecule has 1 aliphatic rings. The molecule has 3 N–H and O–H groups in total. The first-order chi connectivity index (χ1) is 14.5. The van der Waals surface area contributed by atoms with Gasteiger partial charge < -0.3 is 20.2 Å². The van der Waals surface area contributed by atoms with Gasteiger partial charge in [0.2, 0.25) is 0 Å². The molecule has 1 saturated heterocycles. The summed E-state index contributed by atoms with van der Waals surface area (Å²) in [5.74, 6) is -0.162. The summed E-state index contributed by atoms with van der Waals surface area (Å²) in [4.78, 5) is 12.3. The Morgan fingerprint density at radius 1 is 1.20 bits per heavy atom. The van der Waals surface area contributed by atoms with Crippen LogP contribution in [-0.4, -0.2) is 39.4 Å². The molecule has 0 spiro atoms. The minimum absolute atomic E-state index is 0.162. The molecule has 5 nitrogen and oxygen atoms in total. The maximum atomic E-state index is 12.3. The van der Waals surface area contributed by atoms with E-state index in [1.807, 2.05) is 58.2 Å². The molecule has 6 heteroatoms. The Balaban J connectivity index is 0.00000106. The molecule has 2 aromatic rings. The van der Waals surface area contributed by atoms with Crippen LogP contribution in [0.2, 0.25) is 5.02 Å². The average Bonchev–Trinajstić information content (AvgIpc) is 3.27. The Morgan fingerprint density at radius 3 is 2.43 bits per heavy atom. The maximum Gasteiger partial charge on any atom is 0.255 e. The van der Waals surface area contributed by atoms with E-state index in [2.05, 4.69) is 15.4 Å². The molecule has 1 atom stereocenters. The van der Waals surface area contributed by atoms with Crippen molar-refractivity contribution in [1.82, 2.24) is 0 Å². The number of nitrogens with two attached hydrogens (primary N) is 1. The van der Waals surface area contributed by atoms with Crippen LogP contribution in [0, 0.1) is 6.92 Å². The Kier molecular flexibility index (Phi) is 12.3. The normalized spacial score (nSPS) is 15.0. The van der Waals surface area contributed by atoms with Crippen LogP contribution in [-0.2, 0) is 15.7 Å². The van der Waals surface area contributed by atoms with Gasteiger partial charge in [-0.2, -0.15) is 0 Å². The summed E-state index contributed by atoms with van der Waals surface area (Å²) in [5.41, 5.74) is 7.95. The van der Waals surface area contributed by atoms with Crippen molar-refractivity contribution in [1.29, 1.82) is 0 Å². The molecule has 1 fully saturated rings. The van der Waals surface area contributed by atoms with Crippen LogP contribution in [0.3, 0.4) is 0 Å². The highest BCUT2D eigenvalue weighted by Gasteiger charge is 2.21. The second-order valence-corrected chi connectivity index (χ2v) is 7.25. The molecular weight excluding hydrogens is 400 g/mol. The molecule has 30 heavy (non-hydrogen) atoms. The van der Waals surface area contributed by atoms with Crippen molar-refractivity contribution in [2.24, 2.45) is 5.73 Å². The summed E-state index contributed by atoms with van der Waals surface area (Å²) in [5, 5.41) is 3.50. The number of rotatable bonds is 6. The number of carbonyl (C=O) groups excluding carboxylic acids is 1. The quantitative estimate of drug-likeness (QED) is 0.600. The fraction of sp³-hybridized carbons (Fsp3) is 0.458. The molecule has 0 saturated carbocycles. The van der Waals surface area contributed by atoms with Crippen LogP contribution < -0.4 is 11.1 Å². The second kappa shape index (κ2) is 14.1. The number of carbonyl (C=O) groups is 1. The molecule has 166 valence electrons. The van der Waals surface area contributed by atoms with Crippen molar-refractivity contribution in [2.45, 2.75) is 46.3 Å². The summed E-state index contributed by atoms with van der Waals surface area (Å²) in [6, 6.07) is 13.2. The van der Waals surface area contributed by atoms with Gasteiger partial charge in [0.15, 0.2) is 13.2 Å². The van der Waals surface area contributed by atoms with Gasteiger partial charge in [0.25, 0.3) is 5.91 Å². The van der Waals surface area contributed by atoms with Gasteiger partial charge in [0.1, 0.15) is 13.2 Å². The third-order valence-corrected chi connectivity index (χ3v) is 4.96. The first kappa shape index (κ1) is 26.1. The molecule has 1 amide bonds. The number of halogens is 1. The summed E-state index contributed by atoms with van der Waals surface area (Å²) in [7, 11) is 3.53. The van der Waals surface area contributed by atoms with Gasteiger partial charge in [-0.3, -0.25) is 4.79 Å². The van der Waals surface area contributed by atoms with E-state index in [1.54, 1.807) is 12.1 Å². The first-order valence-corrected chi connectivity index (χ1v) is 10.8. The largest absolute Gasteiger partial charge is 0.419 e. The zero-order valence-corrected chi connectivity index (χ0v) is 19.6. The molecule has 0 aromatic heterocycles. The van der Waals surface area contributed by atoms with Gasteiger partial charge in [-0.1, -0.05) is 31.5 Å². The smallest absolute Gasteiger partial charge is 0.255 e. The minimum atomic E-state index is -0.162. The van der Waals surface area contributed by atoms with Crippen LogP contribution in [0.15, 0.2) is 42.5 Å². The highest BCUT2D eigenvalue weighted by molar-refractivity contribution is 6.31. The Bertz CT molecular complexity index is 760. The van der Waals surface area contributed by atoms with Crippen LogP contribution >= 0.6 is 11.6 Å². The molecule has 3 rings (SSSR count). The lowest BCUT2D eigenvalue weighted by atomic mass is 10.1. The minimum Gasteiger partial charge on any atom is -0.419 e. The Hall–Kier alpha value is -1.92. The summed E-state index contributed by atoms with van der Waals surface area (Å²) in [6.07, 6.45) is 2.61. The van der Waals surface area contributed by atoms with Crippen LogP contribution in [0.25, 0.3) is 0 Å². The lowest BCUT2D eigenvalue weighted by molar-refractivity contribution is -0.148. The molecule has 0 aliphatic carbocycles. The maximum absolute atomic E-state index is 12.3. The zero-order chi connectivity index (χ0) is 22.5. The third-order valence-electron chi connectivity index (χ3n) is 4.55. The van der Waals surface area contributed by atoms with Crippen LogP contribution in [0.5, 0.6) is 0 Å². The van der Waals surface area contributed by atoms with Crippen molar-refractivity contribution in [2.75, 3.05) is 32.7 Å². The molecule has 1 aliphatic heterocycles. The van der Waals surface area contributed by atoms with E-state index >= 15 is 0 Å². The molecule has 1 heterocycles. The molecule has 2 aromatic carbocycles. The Labute approximate surface area is 186 Å². The molecular formula is C24H36ClN2O3+. The van der Waals surface area contributed by atoms with E-state index in [4.69, 9.17) is 16.3 Å². The van der Waals surface area contributed by atoms with E-state index in [1.165, 1.54) is 12.6 Å². The number of ether oxygens (including phenoxy) is 1. The van der Waals surface area contributed by atoms with Crippen molar-refractivity contribution in [3.05, 3.63) is 64.2 Å². The monoisotopic (exact) mass is 435 g/mol. The lowest BCUT2D eigenvalue weighted by Gasteiger charge is -2.17. The number of hydrogen-bond donors (Lipinski definition) is 2. The number of benzene rings is 2. The summed E-state index contributed by atoms with van der Waals surface area (Å²) >= 11 is 6.09. The van der Waals surface area contributed by atoms with E-state index < -0.39 is 0 Å². The van der Waals surface area contributed by atoms with E-state index in [0.29, 0.717) is 16.7 Å². The summed E-state index contributed by atoms with van der Waals surface area (Å²) < 4.78 is 8.78. The van der Waals surface area contributed by atoms with Gasteiger partial charge in [0.05, 0.1) is 0 Å². The van der Waals surface area contributed by atoms with Crippen LogP contribution in [0.4, 0.5) is 5.69 Å². The highest BCUT2D eigenvalue weighted by Crippen LogP contribution is 2.19. The average molecular weight is 436 g/mol. The van der Waals surface area contributed by atoms with Gasteiger partial charge in [0, 0.05) is 28.4 Å². The number of aryl methyl sites for hydroxylation is 1. The van der Waals surface area contributed by atoms with Crippen LogP contribution in [0.1, 0.15) is 48.2 Å². The van der Waals surface area contributed by atoms with Gasteiger partial charge >= 0.3 is 0 Å². The van der Waals surface area contributed by atoms with Crippen molar-refractivity contribution < 1.29 is 13.9 Å². The molecule has 0 bridgehead atoms. The predicted molar refractivity (Wildman–Crippen MR) is 127 cm³/mol. The highest BCUT2D eigenvalue weighted by atomic mass is 35.5. The number of hydrogen-bond acceptors (Lipinski definition) is 3. The van der Waals surface area contributed by atoms with E-state index in [-0.39, 0.29) is 5.91 Å². The topological polar surface area (TPSA) is 67.1 Å². The van der Waals surface area contributed by atoms with Gasteiger partial charge in [-0.05, 0) is 68.8 Å². The van der Waals surface area contributed by atoms with E-state index in [0.717, 1.165) is 43.9 Å². The molecule has 0 radical (unpaired) electrons. The van der Waals surface area contributed by atoms with Gasteiger partial charge in [-0.15, -0.1) is 0 Å². The predicted octanol–water partition coefficient (Wildman–Crippen LogP) is 5.36. The standard InChI is InChI=1S/C21H24ClNO3.C2H6.CH5N/c1-15-5-8-17(12-20(15)22)21(24)23-18-9-6-16(7-10-18)13-26(2)14-19-4-3-11-25-19;2*1-2/h5-10,12,19H,3-4,11,13-14H2,1-2H3;1-2H3;2H2,1H3/p+1. The fourth-order valence-corrected chi connectivity index (χ4v) is 3.24. The van der Waals surface area contributed by atoms with Gasteiger partial charge in [-0.25, -0.2) is 0 Å². The second-order valence-electron chi connectivity index (χ2n) is 6.84. The Morgan fingerprint density at radius 2 is 1.87 bits per heavy atom. The third kappa shape index (κ3) is 8.44. The first-order valence-electron chi connectivity index (χ1n) is 10.5. The number of amides is 1. The van der Waals surface area contributed by atoms with Crippen molar-refractivity contribution in [3.63, 3.8) is 0 Å². The van der Waals surface area contributed by atoms with Crippen molar-refractivity contribution >= 4 is 23.2 Å². The lowest BCUT2D eigenvalue weighted by Crippen LogP contribution is -2.22. The number of nitrogens with one attached hydrogen (secondary N) is 1. The zero-order valence-electron chi connectivity index (χ0n) is 18.8. The van der Waals surface area contributed by atoms with E-state index in [9.17, 15) is 4.79 Å². The van der Waals surface area contributed by atoms with Crippen molar-refractivity contribution in [3.8, 4) is 0 Å². The SMILES string of the molecule is CC.CN.Cc1ccc(C(=O)Nc2ccc(C[O+](C)CC3CCCO3)cc2)cc1Cl.